The molecule has 24 heavy (non-hydrogen) atoms. The molecule has 0 amide bonds. The topological polar surface area (TPSA) is 41.6 Å². The molecule has 0 spiro atoms. The van der Waals surface area contributed by atoms with Gasteiger partial charge < -0.3 is 15.0 Å². The molecule has 4 nitrogen and oxygen atoms in total. The summed E-state index contributed by atoms with van der Waals surface area (Å²) in [5.41, 5.74) is -1.05. The van der Waals surface area contributed by atoms with E-state index in [9.17, 15) is 18.0 Å². The molecule has 0 saturated carbocycles. The second-order valence-electron chi connectivity index (χ2n) is 6.49. The predicted molar refractivity (Wildman–Crippen MR) is 89.3 cm³/mol. The van der Waals surface area contributed by atoms with E-state index < -0.39 is 23.3 Å². The number of esters is 1. The Labute approximate surface area is 141 Å². The number of nitrogens with zero attached hydrogens (tertiary/aromatic N) is 1. The Morgan fingerprint density at radius 3 is 2.33 bits per heavy atom. The van der Waals surface area contributed by atoms with Gasteiger partial charge in [-0.3, -0.25) is 4.79 Å². The third-order valence-electron chi connectivity index (χ3n) is 3.18. The average Bonchev–Trinajstić information content (AvgIpc) is 2.43. The van der Waals surface area contributed by atoms with Crippen LogP contribution in [0.3, 0.4) is 0 Å². The third kappa shape index (κ3) is 5.94. The molecule has 1 aromatic carbocycles. The quantitative estimate of drug-likeness (QED) is 0.780. The number of nitrogens with one attached hydrogen (secondary N) is 1. The van der Waals surface area contributed by atoms with E-state index in [1.54, 1.807) is 31.7 Å². The lowest BCUT2D eigenvalue weighted by molar-refractivity contribution is -0.153. The van der Waals surface area contributed by atoms with Crippen LogP contribution in [-0.4, -0.2) is 31.7 Å². The molecule has 1 aromatic rings. The molecule has 0 aliphatic heterocycles. The van der Waals surface area contributed by atoms with Gasteiger partial charge in [-0.2, -0.15) is 13.2 Å². The van der Waals surface area contributed by atoms with Crippen LogP contribution in [-0.2, 0) is 15.7 Å². The minimum Gasteiger partial charge on any atom is -0.459 e. The smallest absolute Gasteiger partial charge is 0.418 e. The molecule has 0 unspecified atom stereocenters. The van der Waals surface area contributed by atoms with Crippen molar-refractivity contribution in [2.45, 2.75) is 45.9 Å². The number of hydrogen-bond donors (Lipinski definition) is 1. The Morgan fingerprint density at radius 2 is 1.88 bits per heavy atom. The van der Waals surface area contributed by atoms with Crippen LogP contribution in [0.4, 0.5) is 24.5 Å². The van der Waals surface area contributed by atoms with Gasteiger partial charge >= 0.3 is 12.1 Å². The monoisotopic (exact) mass is 346 g/mol. The summed E-state index contributed by atoms with van der Waals surface area (Å²) < 4.78 is 44.9. The van der Waals surface area contributed by atoms with E-state index >= 15 is 0 Å². The van der Waals surface area contributed by atoms with Gasteiger partial charge in [-0.05, 0) is 45.4 Å². The Morgan fingerprint density at radius 1 is 1.25 bits per heavy atom. The molecule has 0 heterocycles. The van der Waals surface area contributed by atoms with E-state index in [-0.39, 0.29) is 12.2 Å². The molecule has 7 heteroatoms. The van der Waals surface area contributed by atoms with Crippen LogP contribution in [0.5, 0.6) is 0 Å². The van der Waals surface area contributed by atoms with Crippen LogP contribution < -0.4 is 10.2 Å². The largest absolute Gasteiger partial charge is 0.459 e. The van der Waals surface area contributed by atoms with Gasteiger partial charge in [-0.15, -0.1) is 0 Å². The summed E-state index contributed by atoms with van der Waals surface area (Å²) in [6.45, 7) is 7.50. The zero-order valence-corrected chi connectivity index (χ0v) is 14.8. The van der Waals surface area contributed by atoms with Crippen LogP contribution in [0.2, 0.25) is 0 Å². The molecular weight excluding hydrogens is 321 g/mol. The molecule has 1 rings (SSSR count). The lowest BCUT2D eigenvalue weighted by Crippen LogP contribution is -2.35. The van der Waals surface area contributed by atoms with Crippen molar-refractivity contribution in [1.82, 2.24) is 0 Å². The number of ether oxygens (including phenoxy) is 1. The molecule has 136 valence electrons. The molecular formula is C17H25F3N2O2. The first kappa shape index (κ1) is 20.1. The molecule has 0 saturated heterocycles. The molecule has 0 aliphatic rings. The highest BCUT2D eigenvalue weighted by Crippen LogP contribution is 2.37. The molecule has 0 bridgehead atoms. The van der Waals surface area contributed by atoms with Crippen LogP contribution in [0, 0.1) is 0 Å². The van der Waals surface area contributed by atoms with Crippen molar-refractivity contribution in [1.29, 1.82) is 0 Å². The minimum absolute atomic E-state index is 0.0000310. The van der Waals surface area contributed by atoms with Crippen LogP contribution in [0.25, 0.3) is 0 Å². The predicted octanol–water partition coefficient (Wildman–Crippen LogP) is 4.31. The van der Waals surface area contributed by atoms with E-state index in [0.717, 1.165) is 6.07 Å². The second-order valence-corrected chi connectivity index (χ2v) is 6.49. The van der Waals surface area contributed by atoms with E-state index in [1.165, 1.54) is 13.1 Å². The van der Waals surface area contributed by atoms with Crippen molar-refractivity contribution in [2.24, 2.45) is 0 Å². The number of carbonyl (C=O) groups excluding carboxylic acids is 1. The standard InChI is InChI=1S/C17H25F3N2O2/c1-6-9-22(11-15(23)24-16(2,3)4)12-7-8-14(21-5)13(10-12)17(18,19)20/h7-8,10,21H,6,9,11H2,1-5H3. The number of halogens is 3. The fourth-order valence-corrected chi connectivity index (χ4v) is 2.28. The van der Waals surface area contributed by atoms with Gasteiger partial charge in [0.05, 0.1) is 5.56 Å². The van der Waals surface area contributed by atoms with Crippen molar-refractivity contribution in [3.05, 3.63) is 23.8 Å². The highest BCUT2D eigenvalue weighted by atomic mass is 19.4. The number of alkyl halides is 3. The second kappa shape index (κ2) is 7.77. The van der Waals surface area contributed by atoms with Crippen molar-refractivity contribution < 1.29 is 22.7 Å². The SMILES string of the molecule is CCCN(CC(=O)OC(C)(C)C)c1ccc(NC)c(C(F)(F)F)c1. The first-order valence-electron chi connectivity index (χ1n) is 7.83. The average molecular weight is 346 g/mol. The molecule has 0 aliphatic carbocycles. The van der Waals surface area contributed by atoms with Gasteiger partial charge in [0, 0.05) is 25.0 Å². The lowest BCUT2D eigenvalue weighted by Gasteiger charge is -2.27. The zero-order chi connectivity index (χ0) is 18.5. The number of benzene rings is 1. The summed E-state index contributed by atoms with van der Waals surface area (Å²) in [5, 5.41) is 2.54. The Hall–Kier alpha value is -1.92. The number of hydrogen-bond acceptors (Lipinski definition) is 4. The summed E-state index contributed by atoms with van der Waals surface area (Å²) >= 11 is 0. The molecule has 0 aromatic heterocycles. The maximum Gasteiger partial charge on any atom is 0.418 e. The fourth-order valence-electron chi connectivity index (χ4n) is 2.28. The number of carbonyl (C=O) groups is 1. The zero-order valence-electron chi connectivity index (χ0n) is 14.8. The normalized spacial score (nSPS) is 12.0. The van der Waals surface area contributed by atoms with E-state index in [4.69, 9.17) is 4.74 Å². The van der Waals surface area contributed by atoms with Gasteiger partial charge in [0.1, 0.15) is 12.1 Å². The van der Waals surface area contributed by atoms with E-state index in [0.29, 0.717) is 18.7 Å². The van der Waals surface area contributed by atoms with Crippen LogP contribution in [0.15, 0.2) is 18.2 Å². The fraction of sp³-hybridized carbons (Fsp3) is 0.588. The molecule has 0 atom stereocenters. The van der Waals surface area contributed by atoms with Gasteiger partial charge in [0.2, 0.25) is 0 Å². The van der Waals surface area contributed by atoms with Gasteiger partial charge in [-0.25, -0.2) is 0 Å². The summed E-state index contributed by atoms with van der Waals surface area (Å²) in [6, 6.07) is 4.00. The Kier molecular flexibility index (Phi) is 6.51. The van der Waals surface area contributed by atoms with Crippen LogP contribution >= 0.6 is 0 Å². The van der Waals surface area contributed by atoms with Crippen molar-refractivity contribution in [3.8, 4) is 0 Å². The highest BCUT2D eigenvalue weighted by Gasteiger charge is 2.34. The van der Waals surface area contributed by atoms with Gasteiger partial charge in [-0.1, -0.05) is 6.92 Å². The summed E-state index contributed by atoms with van der Waals surface area (Å²) in [4.78, 5) is 13.6. The molecule has 0 radical (unpaired) electrons. The van der Waals surface area contributed by atoms with Crippen molar-refractivity contribution >= 4 is 17.3 Å². The first-order chi connectivity index (χ1) is 11.0. The Balaban J connectivity index is 3.10. The third-order valence-corrected chi connectivity index (χ3v) is 3.18. The summed E-state index contributed by atoms with van der Waals surface area (Å²) in [7, 11) is 1.44. The Bertz CT molecular complexity index is 566. The maximum atomic E-state index is 13.2. The van der Waals surface area contributed by atoms with Gasteiger partial charge in [0.25, 0.3) is 0 Å². The van der Waals surface area contributed by atoms with Crippen molar-refractivity contribution in [2.75, 3.05) is 30.4 Å². The van der Waals surface area contributed by atoms with E-state index in [1.807, 2.05) is 6.92 Å². The molecule has 1 N–H and O–H groups in total. The summed E-state index contributed by atoms with van der Waals surface area (Å²) in [6.07, 6.45) is -3.78. The van der Waals surface area contributed by atoms with E-state index in [2.05, 4.69) is 5.32 Å². The maximum absolute atomic E-state index is 13.2. The number of anilines is 2. The minimum atomic E-state index is -4.47. The summed E-state index contributed by atoms with van der Waals surface area (Å²) in [5.74, 6) is -0.470. The highest BCUT2D eigenvalue weighted by molar-refractivity contribution is 5.76. The van der Waals surface area contributed by atoms with Crippen molar-refractivity contribution in [3.63, 3.8) is 0 Å². The number of rotatable bonds is 6. The molecule has 0 fully saturated rings. The first-order valence-corrected chi connectivity index (χ1v) is 7.83. The van der Waals surface area contributed by atoms with Gasteiger partial charge in [0.15, 0.2) is 0 Å². The van der Waals surface area contributed by atoms with Crippen LogP contribution in [0.1, 0.15) is 39.7 Å². The lowest BCUT2D eigenvalue weighted by atomic mass is 10.1.